The maximum Gasteiger partial charge on any atom is 0.233 e. The molecule has 1 spiro atoms. The van der Waals surface area contributed by atoms with Crippen molar-refractivity contribution in [1.82, 2.24) is 0 Å². The number of rotatable bonds is 5. The highest BCUT2D eigenvalue weighted by Gasteiger charge is 2.51. The minimum atomic E-state index is -0.774. The van der Waals surface area contributed by atoms with Crippen LogP contribution in [0.3, 0.4) is 0 Å². The Morgan fingerprint density at radius 2 is 1.76 bits per heavy atom. The molecule has 138 valence electrons. The van der Waals surface area contributed by atoms with Crippen LogP contribution >= 0.6 is 0 Å². The van der Waals surface area contributed by atoms with Crippen LogP contribution in [0.4, 0.5) is 5.69 Å². The molecule has 0 bridgehead atoms. The van der Waals surface area contributed by atoms with Gasteiger partial charge in [0, 0.05) is 19.3 Å². The average molecular weight is 347 g/mol. The number of hydrogen-bond donors (Lipinski definition) is 1. The van der Waals surface area contributed by atoms with Crippen molar-refractivity contribution < 1.29 is 19.4 Å². The normalized spacial score (nSPS) is 29.6. The fourth-order valence-corrected chi connectivity index (χ4v) is 4.11. The van der Waals surface area contributed by atoms with Gasteiger partial charge in [-0.25, -0.2) is 0 Å². The number of anilines is 1. The van der Waals surface area contributed by atoms with Gasteiger partial charge in [0.05, 0.1) is 23.7 Å². The topological polar surface area (TPSA) is 59.0 Å². The summed E-state index contributed by atoms with van der Waals surface area (Å²) in [5, 5.41) is 10.5. The Morgan fingerprint density at radius 1 is 1.12 bits per heavy atom. The zero-order valence-corrected chi connectivity index (χ0v) is 15.5. The Kier molecular flexibility index (Phi) is 5.07. The number of aliphatic hydroxyl groups is 1. The highest BCUT2D eigenvalue weighted by Crippen LogP contribution is 2.48. The molecule has 1 aliphatic heterocycles. The summed E-state index contributed by atoms with van der Waals surface area (Å²) in [6, 6.07) is 7.76. The van der Waals surface area contributed by atoms with Gasteiger partial charge >= 0.3 is 0 Å². The number of hydrogen-bond acceptors (Lipinski definition) is 4. The van der Waals surface area contributed by atoms with Crippen molar-refractivity contribution >= 4 is 11.6 Å². The lowest BCUT2D eigenvalue weighted by atomic mass is 9.68. The van der Waals surface area contributed by atoms with Gasteiger partial charge in [-0.05, 0) is 70.2 Å². The summed E-state index contributed by atoms with van der Waals surface area (Å²) in [4.78, 5) is 15.0. The van der Waals surface area contributed by atoms with Crippen LogP contribution in [0.1, 0.15) is 46.0 Å². The van der Waals surface area contributed by atoms with Crippen molar-refractivity contribution in [3.63, 3.8) is 0 Å². The number of carbonyl (C=O) groups is 1. The first-order chi connectivity index (χ1) is 11.9. The van der Waals surface area contributed by atoms with Crippen molar-refractivity contribution in [3.05, 3.63) is 24.3 Å². The van der Waals surface area contributed by atoms with E-state index in [1.165, 1.54) is 0 Å². The first-order valence-electron chi connectivity index (χ1n) is 9.18. The largest absolute Gasteiger partial charge is 0.491 e. The molecule has 25 heavy (non-hydrogen) atoms. The lowest BCUT2D eigenvalue weighted by Gasteiger charge is -2.40. The average Bonchev–Trinajstić information content (AvgIpc) is 2.88. The van der Waals surface area contributed by atoms with Gasteiger partial charge in [0.2, 0.25) is 5.91 Å². The highest BCUT2D eigenvalue weighted by molar-refractivity contribution is 6.00. The molecule has 0 aromatic heterocycles. The Labute approximate surface area is 149 Å². The van der Waals surface area contributed by atoms with Crippen LogP contribution in [0.15, 0.2) is 24.3 Å². The minimum Gasteiger partial charge on any atom is -0.491 e. The van der Waals surface area contributed by atoms with Crippen LogP contribution in [0.25, 0.3) is 0 Å². The fraction of sp³-hybridized carbons (Fsp3) is 0.650. The lowest BCUT2D eigenvalue weighted by molar-refractivity contribution is -0.133. The zero-order valence-electron chi connectivity index (χ0n) is 15.5. The molecule has 0 radical (unpaired) electrons. The first-order valence-corrected chi connectivity index (χ1v) is 9.18. The third-order valence-electron chi connectivity index (χ3n) is 5.58. The molecule has 1 N–H and O–H groups in total. The molecule has 0 atom stereocenters. The summed E-state index contributed by atoms with van der Waals surface area (Å²) in [5.41, 5.74) is -0.160. The van der Waals surface area contributed by atoms with Gasteiger partial charge in [0.1, 0.15) is 5.75 Å². The third kappa shape index (κ3) is 3.67. The van der Waals surface area contributed by atoms with Crippen LogP contribution in [-0.2, 0) is 9.53 Å². The summed E-state index contributed by atoms with van der Waals surface area (Å²) < 4.78 is 10.8. The van der Waals surface area contributed by atoms with E-state index in [0.717, 1.165) is 37.2 Å². The Morgan fingerprint density at radius 3 is 2.32 bits per heavy atom. The van der Waals surface area contributed by atoms with E-state index < -0.39 is 5.60 Å². The summed E-state index contributed by atoms with van der Waals surface area (Å²) in [7, 11) is 1.61. The van der Waals surface area contributed by atoms with Gasteiger partial charge in [-0.15, -0.1) is 0 Å². The first kappa shape index (κ1) is 18.2. The molecule has 1 heterocycles. The molecule has 0 unspecified atom stereocenters. The zero-order chi connectivity index (χ0) is 18.1. The molecule has 1 amide bonds. The van der Waals surface area contributed by atoms with Gasteiger partial charge < -0.3 is 19.5 Å². The molecular weight excluding hydrogens is 318 g/mol. The molecule has 1 aromatic rings. The van der Waals surface area contributed by atoms with Crippen LogP contribution < -0.4 is 9.64 Å². The highest BCUT2D eigenvalue weighted by atomic mass is 16.5. The van der Waals surface area contributed by atoms with E-state index >= 15 is 0 Å². The summed E-state index contributed by atoms with van der Waals surface area (Å²) in [6.45, 7) is 5.08. The summed E-state index contributed by atoms with van der Waals surface area (Å²) >= 11 is 0. The predicted octanol–water partition coefficient (Wildman–Crippen LogP) is 3.15. The number of amides is 1. The maximum atomic E-state index is 13.1. The number of nitrogens with zero attached hydrogens (tertiary/aromatic N) is 1. The molecule has 1 saturated carbocycles. The number of ether oxygens (including phenoxy) is 2. The molecule has 1 saturated heterocycles. The molecule has 1 aliphatic carbocycles. The van der Waals surface area contributed by atoms with Crippen molar-refractivity contribution in [3.8, 4) is 5.75 Å². The fourth-order valence-electron chi connectivity index (χ4n) is 4.11. The van der Waals surface area contributed by atoms with Crippen molar-refractivity contribution in [2.75, 3.05) is 25.2 Å². The van der Waals surface area contributed by atoms with Crippen LogP contribution in [0.5, 0.6) is 5.75 Å². The van der Waals surface area contributed by atoms with Gasteiger partial charge in [-0.1, -0.05) is 0 Å². The lowest BCUT2D eigenvalue weighted by Crippen LogP contribution is -2.45. The van der Waals surface area contributed by atoms with Crippen molar-refractivity contribution in [1.29, 1.82) is 0 Å². The molecule has 5 nitrogen and oxygen atoms in total. The summed E-state index contributed by atoms with van der Waals surface area (Å²) in [6.07, 6.45) is 3.71. The summed E-state index contributed by atoms with van der Waals surface area (Å²) in [5.74, 6) is 1.02. The molecule has 2 fully saturated rings. The quantitative estimate of drug-likeness (QED) is 0.889. The van der Waals surface area contributed by atoms with Gasteiger partial charge in [-0.2, -0.15) is 0 Å². The van der Waals surface area contributed by atoms with Crippen LogP contribution in [0.2, 0.25) is 0 Å². The Balaban J connectivity index is 1.68. The van der Waals surface area contributed by atoms with Gasteiger partial charge in [-0.3, -0.25) is 4.79 Å². The molecule has 2 aliphatic rings. The van der Waals surface area contributed by atoms with Crippen molar-refractivity contribution in [2.24, 2.45) is 5.41 Å². The SMILES string of the molecule is COCC1(O)CCC2(CCN(c3ccc(OC(C)C)cc3)C2=O)CC1. The number of carbonyl (C=O) groups excluding carboxylic acids is 1. The number of methoxy groups -OCH3 is 1. The van der Waals surface area contributed by atoms with Crippen molar-refractivity contribution in [2.45, 2.75) is 57.7 Å². The van der Waals surface area contributed by atoms with Gasteiger partial charge in [0.25, 0.3) is 0 Å². The van der Waals surface area contributed by atoms with Gasteiger partial charge in [0.15, 0.2) is 0 Å². The Hall–Kier alpha value is -1.59. The van der Waals surface area contributed by atoms with E-state index in [1.54, 1.807) is 7.11 Å². The molecule has 1 aromatic carbocycles. The second-order valence-electron chi connectivity index (χ2n) is 7.80. The van der Waals surface area contributed by atoms with Crippen LogP contribution in [0, 0.1) is 5.41 Å². The maximum absolute atomic E-state index is 13.1. The second kappa shape index (κ2) is 6.96. The smallest absolute Gasteiger partial charge is 0.233 e. The second-order valence-corrected chi connectivity index (χ2v) is 7.80. The van der Waals surface area contributed by atoms with E-state index in [9.17, 15) is 9.90 Å². The van der Waals surface area contributed by atoms with E-state index in [4.69, 9.17) is 9.47 Å². The van der Waals surface area contributed by atoms with E-state index in [2.05, 4.69) is 0 Å². The third-order valence-corrected chi connectivity index (χ3v) is 5.58. The van der Waals surface area contributed by atoms with E-state index in [1.807, 2.05) is 43.0 Å². The minimum absolute atomic E-state index is 0.135. The Bertz CT molecular complexity index is 603. The monoisotopic (exact) mass is 347 g/mol. The molecular formula is C20H29NO4. The van der Waals surface area contributed by atoms with E-state index in [0.29, 0.717) is 19.4 Å². The predicted molar refractivity (Wildman–Crippen MR) is 96.9 cm³/mol. The van der Waals surface area contributed by atoms with Crippen LogP contribution in [-0.4, -0.2) is 43.0 Å². The molecule has 5 heteroatoms. The standard InChI is InChI=1S/C20H29NO4/c1-15(2)25-17-6-4-16(5-7-17)21-13-12-19(18(21)22)8-10-20(23,11-9-19)14-24-3/h4-7,15,23H,8-14H2,1-3H3. The number of benzene rings is 1. The molecule has 3 rings (SSSR count). The van der Waals surface area contributed by atoms with E-state index in [-0.39, 0.29) is 17.4 Å².